The van der Waals surface area contributed by atoms with Crippen molar-refractivity contribution in [1.82, 2.24) is 14.5 Å². The summed E-state index contributed by atoms with van der Waals surface area (Å²) in [5, 5.41) is 9.38. The second-order valence-corrected chi connectivity index (χ2v) is 9.83. The number of sulfonamides is 1. The fraction of sp³-hybridized carbons (Fsp3) is 0.190. The van der Waals surface area contributed by atoms with E-state index in [1.54, 1.807) is 26.0 Å². The summed E-state index contributed by atoms with van der Waals surface area (Å²) in [5.74, 6) is -3.43. The summed E-state index contributed by atoms with van der Waals surface area (Å²) < 4.78 is 54.8. The average Bonchev–Trinajstić information content (AvgIpc) is 3.25. The number of nitrogens with two attached hydrogens (primary N) is 1. The number of aromatic nitrogens is 2. The molecule has 0 atom stereocenters. The molecule has 0 saturated heterocycles. The fourth-order valence-electron chi connectivity index (χ4n) is 3.86. The van der Waals surface area contributed by atoms with E-state index in [1.807, 2.05) is 0 Å². The number of amides is 2. The number of H-pyrrole nitrogens is 1. The average molecular weight is 475 g/mol. The third kappa shape index (κ3) is 3.76. The second kappa shape index (κ2) is 7.74. The Kier molecular flexibility index (Phi) is 5.29. The SMILES string of the molecule is CC1(C)c2[nH]nc(NC(=O)c3ccccc3C(N)=O)c2CN1S(=O)(=O)c1cc(F)cc(F)c1. The first-order chi connectivity index (χ1) is 15.4. The minimum atomic E-state index is -4.31. The fourth-order valence-corrected chi connectivity index (χ4v) is 5.62. The lowest BCUT2D eigenvalue weighted by Crippen LogP contribution is -2.40. The number of benzene rings is 2. The zero-order valence-electron chi connectivity index (χ0n) is 17.5. The maximum absolute atomic E-state index is 13.7. The monoisotopic (exact) mass is 475 g/mol. The number of carbonyl (C=O) groups is 2. The predicted octanol–water partition coefficient (Wildman–Crippen LogP) is 2.48. The van der Waals surface area contributed by atoms with Gasteiger partial charge in [0.05, 0.1) is 27.3 Å². The number of primary amides is 1. The molecule has 1 aliphatic heterocycles. The van der Waals surface area contributed by atoms with Crippen molar-refractivity contribution in [1.29, 1.82) is 0 Å². The second-order valence-electron chi connectivity index (χ2n) is 7.97. The van der Waals surface area contributed by atoms with Gasteiger partial charge in [0.2, 0.25) is 15.9 Å². The number of carbonyl (C=O) groups excluding carboxylic acids is 2. The first-order valence-electron chi connectivity index (χ1n) is 9.69. The molecule has 3 aromatic rings. The molecular formula is C21H19F2N5O4S. The highest BCUT2D eigenvalue weighted by molar-refractivity contribution is 7.89. The summed E-state index contributed by atoms with van der Waals surface area (Å²) in [6.07, 6.45) is 0. The highest BCUT2D eigenvalue weighted by Gasteiger charge is 2.48. The highest BCUT2D eigenvalue weighted by atomic mass is 32.2. The molecule has 2 heterocycles. The molecule has 4 N–H and O–H groups in total. The Morgan fingerprint density at radius 1 is 1.12 bits per heavy atom. The van der Waals surface area contributed by atoms with E-state index in [4.69, 9.17) is 5.73 Å². The number of anilines is 1. The third-order valence-electron chi connectivity index (χ3n) is 5.50. The Morgan fingerprint density at radius 2 is 1.73 bits per heavy atom. The van der Waals surface area contributed by atoms with Crippen molar-refractivity contribution in [2.75, 3.05) is 5.32 Å². The van der Waals surface area contributed by atoms with Crippen LogP contribution in [0.2, 0.25) is 0 Å². The van der Waals surface area contributed by atoms with Crippen LogP contribution in [0.25, 0.3) is 0 Å². The van der Waals surface area contributed by atoms with Crippen LogP contribution >= 0.6 is 0 Å². The summed E-state index contributed by atoms with van der Waals surface area (Å²) in [5.41, 5.74) is 4.98. The Balaban J connectivity index is 1.68. The molecule has 1 aliphatic rings. The summed E-state index contributed by atoms with van der Waals surface area (Å²) >= 11 is 0. The van der Waals surface area contributed by atoms with E-state index < -0.39 is 43.9 Å². The van der Waals surface area contributed by atoms with Crippen LogP contribution in [0.4, 0.5) is 14.6 Å². The molecular weight excluding hydrogens is 456 g/mol. The van der Waals surface area contributed by atoms with Gasteiger partial charge < -0.3 is 11.1 Å². The molecule has 1 aromatic heterocycles. The van der Waals surface area contributed by atoms with Crippen molar-refractivity contribution >= 4 is 27.7 Å². The number of hydrogen-bond acceptors (Lipinski definition) is 5. The van der Waals surface area contributed by atoms with Crippen LogP contribution in [0.3, 0.4) is 0 Å². The predicted molar refractivity (Wildman–Crippen MR) is 114 cm³/mol. The molecule has 12 heteroatoms. The standard InChI is InChI=1S/C21H19F2N5O4S/c1-21(2)17-16(10-28(21)33(31,32)13-8-11(22)7-12(23)9-13)19(27-26-17)25-20(30)15-6-4-3-5-14(15)18(24)29/h3-9H,10H2,1-2H3,(H2,24,29)(H2,25,26,27,30). The summed E-state index contributed by atoms with van der Waals surface area (Å²) in [4.78, 5) is 23.9. The Labute approximate surface area is 187 Å². The van der Waals surface area contributed by atoms with Crippen molar-refractivity contribution in [2.45, 2.75) is 30.8 Å². The number of nitrogens with zero attached hydrogens (tertiary/aromatic N) is 2. The molecule has 0 saturated carbocycles. The van der Waals surface area contributed by atoms with E-state index in [2.05, 4.69) is 15.5 Å². The van der Waals surface area contributed by atoms with Gasteiger partial charge in [-0.1, -0.05) is 12.1 Å². The number of fused-ring (bicyclic) bond motifs is 1. The molecule has 0 fully saturated rings. The van der Waals surface area contributed by atoms with Gasteiger partial charge in [0, 0.05) is 18.2 Å². The van der Waals surface area contributed by atoms with Crippen LogP contribution in [0.1, 0.15) is 45.8 Å². The molecule has 0 spiro atoms. The van der Waals surface area contributed by atoms with E-state index in [9.17, 15) is 26.8 Å². The summed E-state index contributed by atoms with van der Waals surface area (Å²) in [6, 6.07) is 8.00. The van der Waals surface area contributed by atoms with Crippen molar-refractivity contribution in [3.63, 3.8) is 0 Å². The highest BCUT2D eigenvalue weighted by Crippen LogP contribution is 2.43. The number of hydrogen-bond donors (Lipinski definition) is 3. The number of nitrogens with one attached hydrogen (secondary N) is 2. The Hall–Kier alpha value is -3.64. The Morgan fingerprint density at radius 3 is 2.33 bits per heavy atom. The minimum absolute atomic E-state index is 0.0137. The van der Waals surface area contributed by atoms with Crippen LogP contribution in [0.5, 0.6) is 0 Å². The zero-order chi connectivity index (χ0) is 24.1. The normalized spacial score (nSPS) is 15.3. The van der Waals surface area contributed by atoms with Gasteiger partial charge in [-0.3, -0.25) is 14.7 Å². The van der Waals surface area contributed by atoms with Gasteiger partial charge in [-0.15, -0.1) is 0 Å². The van der Waals surface area contributed by atoms with Crippen molar-refractivity contribution in [2.24, 2.45) is 5.73 Å². The minimum Gasteiger partial charge on any atom is -0.366 e. The lowest BCUT2D eigenvalue weighted by molar-refractivity contribution is 0.0977. The van der Waals surface area contributed by atoms with E-state index in [1.165, 1.54) is 12.1 Å². The molecule has 0 radical (unpaired) electrons. The number of halogens is 2. The quantitative estimate of drug-likeness (QED) is 0.520. The summed E-state index contributed by atoms with van der Waals surface area (Å²) in [7, 11) is -4.31. The van der Waals surface area contributed by atoms with Crippen molar-refractivity contribution in [3.05, 3.63) is 76.5 Å². The summed E-state index contributed by atoms with van der Waals surface area (Å²) in [6.45, 7) is 2.97. The van der Waals surface area contributed by atoms with E-state index in [0.717, 1.165) is 16.4 Å². The topological polar surface area (TPSA) is 138 Å². The van der Waals surface area contributed by atoms with Crippen molar-refractivity contribution in [3.8, 4) is 0 Å². The largest absolute Gasteiger partial charge is 0.366 e. The van der Waals surface area contributed by atoms with Crippen molar-refractivity contribution < 1.29 is 26.8 Å². The van der Waals surface area contributed by atoms with E-state index in [0.29, 0.717) is 17.3 Å². The van der Waals surface area contributed by atoms with Crippen LogP contribution < -0.4 is 11.1 Å². The maximum atomic E-state index is 13.7. The molecule has 0 aliphatic carbocycles. The van der Waals surface area contributed by atoms with Gasteiger partial charge in [0.15, 0.2) is 5.82 Å². The first-order valence-corrected chi connectivity index (χ1v) is 11.1. The molecule has 9 nitrogen and oxygen atoms in total. The van der Waals surface area contributed by atoms with Gasteiger partial charge in [-0.05, 0) is 38.1 Å². The molecule has 2 amide bonds. The molecule has 4 rings (SSSR count). The molecule has 2 aromatic carbocycles. The first kappa shape index (κ1) is 22.6. The third-order valence-corrected chi connectivity index (χ3v) is 7.49. The van der Waals surface area contributed by atoms with Crippen LogP contribution in [-0.4, -0.2) is 34.7 Å². The zero-order valence-corrected chi connectivity index (χ0v) is 18.3. The lowest BCUT2D eigenvalue weighted by Gasteiger charge is -2.30. The molecule has 33 heavy (non-hydrogen) atoms. The van der Waals surface area contributed by atoms with E-state index >= 15 is 0 Å². The molecule has 172 valence electrons. The van der Waals surface area contributed by atoms with Gasteiger partial charge in [0.25, 0.3) is 5.91 Å². The van der Waals surface area contributed by atoms with E-state index in [-0.39, 0.29) is 23.5 Å². The maximum Gasteiger partial charge on any atom is 0.257 e. The van der Waals surface area contributed by atoms with Crippen LogP contribution in [-0.2, 0) is 22.1 Å². The lowest BCUT2D eigenvalue weighted by atomic mass is 10.0. The smallest absolute Gasteiger partial charge is 0.257 e. The molecule has 0 unspecified atom stereocenters. The number of aromatic amines is 1. The number of rotatable bonds is 5. The van der Waals surface area contributed by atoms with Gasteiger partial charge in [-0.25, -0.2) is 17.2 Å². The van der Waals surface area contributed by atoms with Crippen LogP contribution in [0, 0.1) is 11.6 Å². The molecule has 0 bridgehead atoms. The Bertz CT molecular complexity index is 1380. The van der Waals surface area contributed by atoms with Gasteiger partial charge in [0.1, 0.15) is 11.6 Å². The van der Waals surface area contributed by atoms with Gasteiger partial charge >= 0.3 is 0 Å². The van der Waals surface area contributed by atoms with Crippen LogP contribution in [0.15, 0.2) is 47.4 Å². The van der Waals surface area contributed by atoms with Gasteiger partial charge in [-0.2, -0.15) is 9.40 Å².